The van der Waals surface area contributed by atoms with Crippen LogP contribution in [0.1, 0.15) is 26.2 Å². The van der Waals surface area contributed by atoms with Gasteiger partial charge in [-0.05, 0) is 32.7 Å². The molecule has 0 saturated carbocycles. The Morgan fingerprint density at radius 3 is 2.88 bits per heavy atom. The maximum atomic E-state index is 12.0. The van der Waals surface area contributed by atoms with E-state index in [2.05, 4.69) is 17.6 Å². The minimum Gasteiger partial charge on any atom is -0.379 e. The summed E-state index contributed by atoms with van der Waals surface area (Å²) in [6.07, 6.45) is 3.07. The molecule has 3 atom stereocenters. The van der Waals surface area contributed by atoms with Gasteiger partial charge in [-0.3, -0.25) is 4.79 Å². The summed E-state index contributed by atoms with van der Waals surface area (Å²) < 4.78 is 5.24. The Labute approximate surface area is 103 Å². The van der Waals surface area contributed by atoms with E-state index in [1.807, 2.05) is 0 Å². The molecule has 4 nitrogen and oxygen atoms in total. The van der Waals surface area contributed by atoms with E-state index in [9.17, 15) is 4.79 Å². The number of carbonyl (C=O) groups is 1. The van der Waals surface area contributed by atoms with Crippen LogP contribution in [0.2, 0.25) is 0 Å². The number of amides is 1. The van der Waals surface area contributed by atoms with Crippen LogP contribution in [0.25, 0.3) is 0 Å². The lowest BCUT2D eigenvalue weighted by molar-refractivity contribution is -0.127. The molecule has 0 aliphatic carbocycles. The van der Waals surface area contributed by atoms with E-state index < -0.39 is 0 Å². The van der Waals surface area contributed by atoms with Crippen molar-refractivity contribution in [1.82, 2.24) is 10.6 Å². The molecule has 0 aromatic carbocycles. The Hall–Kier alpha value is -0.320. The van der Waals surface area contributed by atoms with Crippen molar-refractivity contribution in [3.63, 3.8) is 0 Å². The minimum absolute atomic E-state index is 0. The molecule has 2 saturated heterocycles. The molecule has 2 fully saturated rings. The number of ether oxygens (including phenoxy) is 1. The Kier molecular flexibility index (Phi) is 5.52. The van der Waals surface area contributed by atoms with Crippen molar-refractivity contribution in [2.45, 2.75) is 38.3 Å². The van der Waals surface area contributed by atoms with Gasteiger partial charge in [0.15, 0.2) is 0 Å². The van der Waals surface area contributed by atoms with Crippen molar-refractivity contribution in [3.05, 3.63) is 0 Å². The molecule has 0 aromatic heterocycles. The molecule has 94 valence electrons. The van der Waals surface area contributed by atoms with Crippen LogP contribution in [-0.2, 0) is 9.53 Å². The summed E-state index contributed by atoms with van der Waals surface area (Å²) in [5.74, 6) is 0.338. The molecule has 16 heavy (non-hydrogen) atoms. The number of hydrogen-bond acceptors (Lipinski definition) is 3. The lowest BCUT2D eigenvalue weighted by Gasteiger charge is -2.29. The van der Waals surface area contributed by atoms with Crippen LogP contribution in [0, 0.1) is 5.92 Å². The zero-order valence-electron chi connectivity index (χ0n) is 9.70. The van der Waals surface area contributed by atoms with Gasteiger partial charge in [0.1, 0.15) is 0 Å². The summed E-state index contributed by atoms with van der Waals surface area (Å²) >= 11 is 0. The molecule has 1 unspecified atom stereocenters. The third-order valence-corrected chi connectivity index (χ3v) is 3.37. The van der Waals surface area contributed by atoms with Gasteiger partial charge in [-0.2, -0.15) is 0 Å². The molecule has 2 rings (SSSR count). The van der Waals surface area contributed by atoms with Gasteiger partial charge in [0.2, 0.25) is 5.91 Å². The lowest BCUT2D eigenvalue weighted by atomic mass is 9.91. The summed E-state index contributed by atoms with van der Waals surface area (Å²) in [6.45, 7) is 4.59. The predicted octanol–water partition coefficient (Wildman–Crippen LogP) is 0.701. The average molecular weight is 249 g/mol. The van der Waals surface area contributed by atoms with E-state index in [1.165, 1.54) is 0 Å². The molecule has 0 spiro atoms. The summed E-state index contributed by atoms with van der Waals surface area (Å²) in [7, 11) is 0. The highest BCUT2D eigenvalue weighted by molar-refractivity contribution is 5.85. The molecular formula is C11H21ClN2O2. The molecule has 5 heteroatoms. The Morgan fingerprint density at radius 2 is 2.25 bits per heavy atom. The second-order valence-electron chi connectivity index (χ2n) is 4.56. The first kappa shape index (κ1) is 13.7. The summed E-state index contributed by atoms with van der Waals surface area (Å²) in [4.78, 5) is 12.0. The zero-order valence-corrected chi connectivity index (χ0v) is 10.5. The predicted molar refractivity (Wildman–Crippen MR) is 64.8 cm³/mol. The van der Waals surface area contributed by atoms with Crippen LogP contribution in [0.5, 0.6) is 0 Å². The maximum Gasteiger partial charge on any atom is 0.224 e. The van der Waals surface area contributed by atoms with Crippen molar-refractivity contribution in [1.29, 1.82) is 0 Å². The number of carbonyl (C=O) groups excluding carboxylic acids is 1. The molecule has 2 aliphatic rings. The minimum atomic E-state index is 0. The number of halogens is 1. The Bertz CT molecular complexity index is 232. The van der Waals surface area contributed by atoms with Crippen molar-refractivity contribution >= 4 is 18.3 Å². The fraction of sp³-hybridized carbons (Fsp3) is 0.909. The van der Waals surface area contributed by atoms with Crippen LogP contribution in [0.4, 0.5) is 0 Å². The molecular weight excluding hydrogens is 228 g/mol. The molecule has 2 heterocycles. The third-order valence-electron chi connectivity index (χ3n) is 3.37. The fourth-order valence-electron chi connectivity index (χ4n) is 2.36. The first-order valence-corrected chi connectivity index (χ1v) is 5.89. The Balaban J connectivity index is 0.00000128. The van der Waals surface area contributed by atoms with Crippen LogP contribution in [-0.4, -0.2) is 37.7 Å². The van der Waals surface area contributed by atoms with E-state index in [0.717, 1.165) is 32.4 Å². The van der Waals surface area contributed by atoms with Gasteiger partial charge in [-0.1, -0.05) is 0 Å². The molecule has 0 aromatic rings. The molecule has 2 aliphatic heterocycles. The SMILES string of the molecule is C[C@H]1NCCC[C@H]1C(=O)NC1CCOC1.Cl. The van der Waals surface area contributed by atoms with E-state index in [4.69, 9.17) is 4.74 Å². The first-order chi connectivity index (χ1) is 7.27. The number of piperidine rings is 1. The van der Waals surface area contributed by atoms with Crippen molar-refractivity contribution in [3.8, 4) is 0 Å². The summed E-state index contributed by atoms with van der Waals surface area (Å²) in [6, 6.07) is 0.549. The third kappa shape index (κ3) is 3.34. The van der Waals surface area contributed by atoms with Crippen molar-refractivity contribution in [2.75, 3.05) is 19.8 Å². The monoisotopic (exact) mass is 248 g/mol. The second kappa shape index (κ2) is 6.42. The van der Waals surface area contributed by atoms with E-state index in [0.29, 0.717) is 12.6 Å². The average Bonchev–Trinajstić information content (AvgIpc) is 2.71. The first-order valence-electron chi connectivity index (χ1n) is 5.89. The van der Waals surface area contributed by atoms with Gasteiger partial charge in [0.25, 0.3) is 0 Å². The highest BCUT2D eigenvalue weighted by Gasteiger charge is 2.29. The number of hydrogen-bond donors (Lipinski definition) is 2. The molecule has 0 radical (unpaired) electrons. The number of rotatable bonds is 2. The van der Waals surface area contributed by atoms with Gasteiger partial charge < -0.3 is 15.4 Å². The zero-order chi connectivity index (χ0) is 10.7. The number of nitrogens with one attached hydrogen (secondary N) is 2. The van der Waals surface area contributed by atoms with Crippen molar-refractivity contribution < 1.29 is 9.53 Å². The molecule has 0 bridgehead atoms. The quantitative estimate of drug-likeness (QED) is 0.757. The smallest absolute Gasteiger partial charge is 0.224 e. The highest BCUT2D eigenvalue weighted by atomic mass is 35.5. The van der Waals surface area contributed by atoms with Crippen LogP contribution < -0.4 is 10.6 Å². The van der Waals surface area contributed by atoms with E-state index in [1.54, 1.807) is 0 Å². The lowest BCUT2D eigenvalue weighted by Crippen LogP contribution is -2.49. The van der Waals surface area contributed by atoms with E-state index in [-0.39, 0.29) is 30.3 Å². The largest absolute Gasteiger partial charge is 0.379 e. The summed E-state index contributed by atoms with van der Waals surface area (Å²) in [5, 5.41) is 6.42. The van der Waals surface area contributed by atoms with Crippen LogP contribution in [0.15, 0.2) is 0 Å². The second-order valence-corrected chi connectivity index (χ2v) is 4.56. The van der Waals surface area contributed by atoms with Gasteiger partial charge in [0, 0.05) is 12.6 Å². The maximum absolute atomic E-state index is 12.0. The Morgan fingerprint density at radius 1 is 1.44 bits per heavy atom. The van der Waals surface area contributed by atoms with Gasteiger partial charge >= 0.3 is 0 Å². The van der Waals surface area contributed by atoms with Gasteiger partial charge in [-0.15, -0.1) is 12.4 Å². The summed E-state index contributed by atoms with van der Waals surface area (Å²) in [5.41, 5.74) is 0. The highest BCUT2D eigenvalue weighted by Crippen LogP contribution is 2.17. The fourth-order valence-corrected chi connectivity index (χ4v) is 2.36. The van der Waals surface area contributed by atoms with Crippen LogP contribution >= 0.6 is 12.4 Å². The van der Waals surface area contributed by atoms with Gasteiger partial charge in [0.05, 0.1) is 18.6 Å². The normalized spacial score (nSPS) is 34.2. The van der Waals surface area contributed by atoms with Crippen molar-refractivity contribution in [2.24, 2.45) is 5.92 Å². The van der Waals surface area contributed by atoms with E-state index >= 15 is 0 Å². The standard InChI is InChI=1S/C11H20N2O2.ClH/c1-8-10(3-2-5-12-8)11(14)13-9-4-6-15-7-9;/h8-10,12H,2-7H2,1H3,(H,13,14);1H/t8-,9?,10-;/m1./s1. The molecule has 2 N–H and O–H groups in total. The van der Waals surface area contributed by atoms with Crippen LogP contribution in [0.3, 0.4) is 0 Å². The molecule has 1 amide bonds. The van der Waals surface area contributed by atoms with Gasteiger partial charge in [-0.25, -0.2) is 0 Å². The topological polar surface area (TPSA) is 50.4 Å².